The summed E-state index contributed by atoms with van der Waals surface area (Å²) in [6.45, 7) is 3.90. The van der Waals surface area contributed by atoms with E-state index >= 15 is 0 Å². The number of ether oxygens (including phenoxy) is 1. The van der Waals surface area contributed by atoms with Crippen LogP contribution in [0.2, 0.25) is 0 Å². The molecule has 148 valence electrons. The fourth-order valence-electron chi connectivity index (χ4n) is 3.49. The van der Waals surface area contributed by atoms with E-state index in [0.29, 0.717) is 18.8 Å². The molecule has 0 radical (unpaired) electrons. The fourth-order valence-corrected chi connectivity index (χ4v) is 4.31. The standard InChI is InChI=1S/C23H23N3O2S/c1-3-25(18-10-5-4-6-11-18)23(27)19-16-29-22(24-19)21-15-17-9-7-8-12-20(17)26(21)13-14-28-2/h4-12,15-16H,3,13-14H2,1-2H3. The first-order chi connectivity index (χ1) is 14.2. The van der Waals surface area contributed by atoms with Gasteiger partial charge in [-0.2, -0.15) is 0 Å². The molecule has 0 N–H and O–H groups in total. The summed E-state index contributed by atoms with van der Waals surface area (Å²) in [5.74, 6) is -0.0826. The zero-order valence-corrected chi connectivity index (χ0v) is 17.4. The molecule has 0 atom stereocenters. The quantitative estimate of drug-likeness (QED) is 0.431. The molecule has 0 saturated heterocycles. The molecule has 2 aromatic carbocycles. The number of nitrogens with zero attached hydrogens (tertiary/aromatic N) is 3. The molecular formula is C23H23N3O2S. The van der Waals surface area contributed by atoms with Gasteiger partial charge < -0.3 is 14.2 Å². The molecule has 0 aliphatic heterocycles. The molecule has 0 aliphatic rings. The summed E-state index contributed by atoms with van der Waals surface area (Å²) in [6.07, 6.45) is 0. The Morgan fingerprint density at radius 2 is 1.90 bits per heavy atom. The van der Waals surface area contributed by atoms with Crippen molar-refractivity contribution < 1.29 is 9.53 Å². The molecule has 4 aromatic rings. The molecule has 0 fully saturated rings. The number of aromatic nitrogens is 2. The highest BCUT2D eigenvalue weighted by Gasteiger charge is 2.21. The molecule has 0 bridgehead atoms. The van der Waals surface area contributed by atoms with Crippen LogP contribution in [0.15, 0.2) is 66.0 Å². The lowest BCUT2D eigenvalue weighted by molar-refractivity contribution is 0.0984. The van der Waals surface area contributed by atoms with Gasteiger partial charge in [-0.15, -0.1) is 11.3 Å². The van der Waals surface area contributed by atoms with Gasteiger partial charge in [0.1, 0.15) is 10.7 Å². The van der Waals surface area contributed by atoms with Gasteiger partial charge in [0, 0.05) is 42.2 Å². The molecule has 1 amide bonds. The van der Waals surface area contributed by atoms with Crippen LogP contribution in [-0.4, -0.2) is 35.7 Å². The van der Waals surface area contributed by atoms with Crippen molar-refractivity contribution in [2.75, 3.05) is 25.2 Å². The van der Waals surface area contributed by atoms with E-state index in [-0.39, 0.29) is 5.91 Å². The number of carbonyl (C=O) groups is 1. The van der Waals surface area contributed by atoms with Crippen LogP contribution >= 0.6 is 11.3 Å². The molecule has 2 heterocycles. The summed E-state index contributed by atoms with van der Waals surface area (Å²) in [4.78, 5) is 19.5. The third kappa shape index (κ3) is 3.81. The van der Waals surface area contributed by atoms with Crippen molar-refractivity contribution in [3.8, 4) is 10.7 Å². The van der Waals surface area contributed by atoms with Crippen LogP contribution in [0.25, 0.3) is 21.6 Å². The Morgan fingerprint density at radius 1 is 1.14 bits per heavy atom. The average molecular weight is 406 g/mol. The first-order valence-electron chi connectivity index (χ1n) is 9.63. The minimum absolute atomic E-state index is 0.0826. The molecule has 0 unspecified atom stereocenters. The SMILES string of the molecule is CCN(C(=O)c1csc(-c2cc3ccccc3n2CCOC)n1)c1ccccc1. The third-order valence-corrected chi connectivity index (χ3v) is 5.77. The molecule has 2 aromatic heterocycles. The second kappa shape index (κ2) is 8.59. The van der Waals surface area contributed by atoms with Crippen LogP contribution in [0.5, 0.6) is 0 Å². The van der Waals surface area contributed by atoms with E-state index in [1.165, 1.54) is 11.3 Å². The smallest absolute Gasteiger partial charge is 0.277 e. The predicted molar refractivity (Wildman–Crippen MR) is 119 cm³/mol. The molecular weight excluding hydrogens is 382 g/mol. The van der Waals surface area contributed by atoms with Gasteiger partial charge in [-0.25, -0.2) is 4.98 Å². The number of para-hydroxylation sites is 2. The Labute approximate surface area is 174 Å². The highest BCUT2D eigenvalue weighted by atomic mass is 32.1. The van der Waals surface area contributed by atoms with Gasteiger partial charge in [-0.1, -0.05) is 36.4 Å². The van der Waals surface area contributed by atoms with Crippen LogP contribution < -0.4 is 4.90 Å². The van der Waals surface area contributed by atoms with Crippen LogP contribution in [-0.2, 0) is 11.3 Å². The van der Waals surface area contributed by atoms with E-state index < -0.39 is 0 Å². The van der Waals surface area contributed by atoms with Crippen LogP contribution in [0.3, 0.4) is 0 Å². The summed E-state index contributed by atoms with van der Waals surface area (Å²) in [7, 11) is 1.70. The number of benzene rings is 2. The van der Waals surface area contributed by atoms with Gasteiger partial charge in [0.25, 0.3) is 5.91 Å². The fraction of sp³-hybridized carbons (Fsp3) is 0.217. The number of fused-ring (bicyclic) bond motifs is 1. The lowest BCUT2D eigenvalue weighted by atomic mass is 10.2. The monoisotopic (exact) mass is 405 g/mol. The summed E-state index contributed by atoms with van der Waals surface area (Å²) < 4.78 is 7.50. The second-order valence-electron chi connectivity index (χ2n) is 6.66. The van der Waals surface area contributed by atoms with Crippen molar-refractivity contribution >= 4 is 33.8 Å². The zero-order chi connectivity index (χ0) is 20.2. The number of carbonyl (C=O) groups excluding carboxylic acids is 1. The van der Waals surface area contributed by atoms with Crippen LogP contribution in [0.1, 0.15) is 17.4 Å². The molecule has 0 aliphatic carbocycles. The number of hydrogen-bond donors (Lipinski definition) is 0. The topological polar surface area (TPSA) is 47.4 Å². The highest BCUT2D eigenvalue weighted by molar-refractivity contribution is 7.13. The average Bonchev–Trinajstić information content (AvgIpc) is 3.38. The largest absolute Gasteiger partial charge is 0.383 e. The summed E-state index contributed by atoms with van der Waals surface area (Å²) in [5, 5.41) is 3.84. The van der Waals surface area contributed by atoms with Crippen LogP contribution in [0.4, 0.5) is 5.69 Å². The van der Waals surface area contributed by atoms with Gasteiger partial charge in [0.05, 0.1) is 12.3 Å². The van der Waals surface area contributed by atoms with E-state index in [0.717, 1.165) is 33.8 Å². The molecule has 0 saturated carbocycles. The Bertz CT molecular complexity index is 1120. The van der Waals surface area contributed by atoms with Crippen molar-refractivity contribution in [2.24, 2.45) is 0 Å². The lowest BCUT2D eigenvalue weighted by Crippen LogP contribution is -2.30. The Balaban J connectivity index is 1.69. The van der Waals surface area contributed by atoms with Crippen molar-refractivity contribution in [1.82, 2.24) is 9.55 Å². The number of hydrogen-bond acceptors (Lipinski definition) is 4. The van der Waals surface area contributed by atoms with Gasteiger partial charge in [0.2, 0.25) is 0 Å². The van der Waals surface area contributed by atoms with E-state index in [1.54, 1.807) is 12.0 Å². The third-order valence-electron chi connectivity index (χ3n) is 4.90. The van der Waals surface area contributed by atoms with Gasteiger partial charge >= 0.3 is 0 Å². The normalized spacial score (nSPS) is 11.1. The van der Waals surface area contributed by atoms with Crippen molar-refractivity contribution in [1.29, 1.82) is 0 Å². The molecule has 4 rings (SSSR count). The van der Waals surface area contributed by atoms with Crippen molar-refractivity contribution in [2.45, 2.75) is 13.5 Å². The minimum atomic E-state index is -0.0826. The molecule has 29 heavy (non-hydrogen) atoms. The highest BCUT2D eigenvalue weighted by Crippen LogP contribution is 2.31. The molecule has 6 heteroatoms. The van der Waals surface area contributed by atoms with Gasteiger partial charge in [-0.3, -0.25) is 4.79 Å². The first kappa shape index (κ1) is 19.4. The summed E-state index contributed by atoms with van der Waals surface area (Å²) >= 11 is 1.50. The first-order valence-corrected chi connectivity index (χ1v) is 10.5. The second-order valence-corrected chi connectivity index (χ2v) is 7.51. The Morgan fingerprint density at radius 3 is 2.66 bits per heavy atom. The summed E-state index contributed by atoms with van der Waals surface area (Å²) in [6, 6.07) is 20.1. The summed E-state index contributed by atoms with van der Waals surface area (Å²) in [5.41, 5.74) is 3.50. The lowest BCUT2D eigenvalue weighted by Gasteiger charge is -2.19. The molecule has 0 spiro atoms. The van der Waals surface area contributed by atoms with E-state index in [4.69, 9.17) is 9.72 Å². The number of amides is 1. The number of anilines is 1. The van der Waals surface area contributed by atoms with Crippen LogP contribution in [0, 0.1) is 0 Å². The maximum Gasteiger partial charge on any atom is 0.277 e. The van der Waals surface area contributed by atoms with Gasteiger partial charge in [-0.05, 0) is 31.2 Å². The van der Waals surface area contributed by atoms with E-state index in [9.17, 15) is 4.79 Å². The number of rotatable bonds is 7. The zero-order valence-electron chi connectivity index (χ0n) is 16.5. The number of methoxy groups -OCH3 is 1. The Kier molecular flexibility index (Phi) is 5.74. The van der Waals surface area contributed by atoms with Crippen molar-refractivity contribution in [3.63, 3.8) is 0 Å². The predicted octanol–water partition coefficient (Wildman–Crippen LogP) is 5.08. The van der Waals surface area contributed by atoms with E-state index in [1.807, 2.05) is 54.8 Å². The minimum Gasteiger partial charge on any atom is -0.383 e. The number of thiazole rings is 1. The van der Waals surface area contributed by atoms with Gasteiger partial charge in [0.15, 0.2) is 0 Å². The van der Waals surface area contributed by atoms with Crippen molar-refractivity contribution in [3.05, 3.63) is 71.7 Å². The molecule has 5 nitrogen and oxygen atoms in total. The van der Waals surface area contributed by atoms with E-state index in [2.05, 4.69) is 22.8 Å². The Hall–Kier alpha value is -2.96. The maximum atomic E-state index is 13.1. The maximum absolute atomic E-state index is 13.1.